The lowest BCUT2D eigenvalue weighted by molar-refractivity contribution is 0.288. The predicted molar refractivity (Wildman–Crippen MR) is 82.5 cm³/mol. The number of nitrogens with zero attached hydrogens (tertiary/aromatic N) is 2. The molecule has 0 radical (unpaired) electrons. The number of hydrogen-bond donors (Lipinski definition) is 1. The number of rotatable bonds is 6. The molecule has 1 heterocycles. The Morgan fingerprint density at radius 3 is 2.67 bits per heavy atom. The molecule has 1 aromatic heterocycles. The SMILES string of the molecule is CCc1cc(COc2cc(OC)ccc2[C@H](C)N)n(C)n1. The summed E-state index contributed by atoms with van der Waals surface area (Å²) in [5.41, 5.74) is 9.06. The molecule has 2 rings (SSSR count). The van der Waals surface area contributed by atoms with Crippen LogP contribution in [-0.2, 0) is 20.1 Å². The van der Waals surface area contributed by atoms with Crippen molar-refractivity contribution in [3.63, 3.8) is 0 Å². The number of aromatic nitrogens is 2. The number of hydrogen-bond acceptors (Lipinski definition) is 4. The van der Waals surface area contributed by atoms with Crippen LogP contribution < -0.4 is 15.2 Å². The molecule has 0 aliphatic carbocycles. The van der Waals surface area contributed by atoms with Gasteiger partial charge in [0.25, 0.3) is 0 Å². The van der Waals surface area contributed by atoms with Gasteiger partial charge < -0.3 is 15.2 Å². The van der Waals surface area contributed by atoms with E-state index in [1.165, 1.54) is 0 Å². The first-order chi connectivity index (χ1) is 10.0. The third kappa shape index (κ3) is 3.55. The van der Waals surface area contributed by atoms with E-state index in [9.17, 15) is 0 Å². The molecule has 0 fully saturated rings. The normalized spacial score (nSPS) is 12.2. The summed E-state index contributed by atoms with van der Waals surface area (Å²) in [5.74, 6) is 1.51. The Labute approximate surface area is 125 Å². The van der Waals surface area contributed by atoms with Gasteiger partial charge in [-0.25, -0.2) is 0 Å². The number of ether oxygens (including phenoxy) is 2. The molecule has 2 aromatic rings. The molecule has 0 unspecified atom stereocenters. The van der Waals surface area contributed by atoms with Gasteiger partial charge in [0.2, 0.25) is 0 Å². The van der Waals surface area contributed by atoms with E-state index in [1.807, 2.05) is 36.9 Å². The van der Waals surface area contributed by atoms with Crippen molar-refractivity contribution in [3.8, 4) is 11.5 Å². The molecular weight excluding hydrogens is 266 g/mol. The zero-order valence-electron chi connectivity index (χ0n) is 13.1. The summed E-state index contributed by atoms with van der Waals surface area (Å²) in [6.45, 7) is 4.48. The number of methoxy groups -OCH3 is 1. The third-order valence-corrected chi connectivity index (χ3v) is 3.48. The maximum absolute atomic E-state index is 5.99. The van der Waals surface area contributed by atoms with Crippen LogP contribution in [0.15, 0.2) is 24.3 Å². The van der Waals surface area contributed by atoms with E-state index in [1.54, 1.807) is 7.11 Å². The smallest absolute Gasteiger partial charge is 0.130 e. The molecule has 0 spiro atoms. The van der Waals surface area contributed by atoms with Gasteiger partial charge in [0.05, 0.1) is 18.5 Å². The van der Waals surface area contributed by atoms with Crippen molar-refractivity contribution < 1.29 is 9.47 Å². The van der Waals surface area contributed by atoms with Gasteiger partial charge in [0.15, 0.2) is 0 Å². The van der Waals surface area contributed by atoms with Crippen molar-refractivity contribution in [3.05, 3.63) is 41.2 Å². The molecule has 0 aliphatic heterocycles. The van der Waals surface area contributed by atoms with Gasteiger partial charge in [-0.15, -0.1) is 0 Å². The Bertz CT molecular complexity index is 606. The topological polar surface area (TPSA) is 62.3 Å². The second kappa shape index (κ2) is 6.63. The summed E-state index contributed by atoms with van der Waals surface area (Å²) in [6, 6.07) is 7.68. The minimum absolute atomic E-state index is 0.0938. The lowest BCUT2D eigenvalue weighted by Crippen LogP contribution is -2.09. The minimum Gasteiger partial charge on any atom is -0.497 e. The molecule has 1 aromatic carbocycles. The molecule has 2 N–H and O–H groups in total. The Morgan fingerprint density at radius 2 is 2.10 bits per heavy atom. The molecule has 0 bridgehead atoms. The molecule has 0 saturated carbocycles. The minimum atomic E-state index is -0.0938. The summed E-state index contributed by atoms with van der Waals surface area (Å²) in [7, 11) is 3.56. The monoisotopic (exact) mass is 289 g/mol. The quantitative estimate of drug-likeness (QED) is 0.888. The van der Waals surface area contributed by atoms with E-state index in [0.717, 1.165) is 34.9 Å². The van der Waals surface area contributed by atoms with Gasteiger partial charge in [-0.1, -0.05) is 13.0 Å². The fraction of sp³-hybridized carbons (Fsp3) is 0.438. The van der Waals surface area contributed by atoms with Crippen LogP contribution in [0.4, 0.5) is 0 Å². The Morgan fingerprint density at radius 1 is 1.33 bits per heavy atom. The number of nitrogens with two attached hydrogens (primary N) is 1. The summed E-state index contributed by atoms with van der Waals surface area (Å²) in [6.07, 6.45) is 0.915. The zero-order valence-corrected chi connectivity index (χ0v) is 13.1. The Hall–Kier alpha value is -2.01. The van der Waals surface area contributed by atoms with Gasteiger partial charge >= 0.3 is 0 Å². The van der Waals surface area contributed by atoms with Gasteiger partial charge in [0, 0.05) is 24.7 Å². The van der Waals surface area contributed by atoms with Crippen LogP contribution in [-0.4, -0.2) is 16.9 Å². The highest BCUT2D eigenvalue weighted by Gasteiger charge is 2.11. The second-order valence-electron chi connectivity index (χ2n) is 5.09. The first kappa shape index (κ1) is 15.4. The highest BCUT2D eigenvalue weighted by atomic mass is 16.5. The van der Waals surface area contributed by atoms with Crippen LogP contribution in [0.25, 0.3) is 0 Å². The molecule has 0 saturated heterocycles. The molecule has 5 nitrogen and oxygen atoms in total. The van der Waals surface area contributed by atoms with Crippen molar-refractivity contribution >= 4 is 0 Å². The highest BCUT2D eigenvalue weighted by molar-refractivity contribution is 5.42. The molecule has 0 aliphatic rings. The second-order valence-corrected chi connectivity index (χ2v) is 5.09. The summed E-state index contributed by atoms with van der Waals surface area (Å²) < 4.78 is 13.0. The van der Waals surface area contributed by atoms with Crippen molar-refractivity contribution in [1.29, 1.82) is 0 Å². The van der Waals surface area contributed by atoms with Crippen LogP contribution in [0.3, 0.4) is 0 Å². The van der Waals surface area contributed by atoms with E-state index < -0.39 is 0 Å². The number of benzene rings is 1. The van der Waals surface area contributed by atoms with Gasteiger partial charge in [-0.3, -0.25) is 4.68 Å². The lowest BCUT2D eigenvalue weighted by Gasteiger charge is -2.15. The summed E-state index contributed by atoms with van der Waals surface area (Å²) in [4.78, 5) is 0. The van der Waals surface area contributed by atoms with Gasteiger partial charge in [-0.2, -0.15) is 5.10 Å². The maximum Gasteiger partial charge on any atom is 0.130 e. The van der Waals surface area contributed by atoms with Crippen molar-refractivity contribution in [2.24, 2.45) is 12.8 Å². The van der Waals surface area contributed by atoms with Crippen molar-refractivity contribution in [2.45, 2.75) is 32.9 Å². The van der Waals surface area contributed by atoms with E-state index in [4.69, 9.17) is 15.2 Å². The average Bonchev–Trinajstić information content (AvgIpc) is 2.85. The van der Waals surface area contributed by atoms with Crippen LogP contribution >= 0.6 is 0 Å². The Balaban J connectivity index is 2.19. The first-order valence-electron chi connectivity index (χ1n) is 7.13. The Kier molecular flexibility index (Phi) is 4.85. The first-order valence-corrected chi connectivity index (χ1v) is 7.13. The van der Waals surface area contributed by atoms with Gasteiger partial charge in [0.1, 0.15) is 18.1 Å². The van der Waals surface area contributed by atoms with Crippen LogP contribution in [0.1, 0.15) is 36.8 Å². The van der Waals surface area contributed by atoms with Crippen LogP contribution in [0, 0.1) is 0 Å². The highest BCUT2D eigenvalue weighted by Crippen LogP contribution is 2.29. The molecular formula is C16H23N3O2. The van der Waals surface area contributed by atoms with Crippen LogP contribution in [0.2, 0.25) is 0 Å². The average molecular weight is 289 g/mol. The third-order valence-electron chi connectivity index (χ3n) is 3.48. The van der Waals surface area contributed by atoms with E-state index in [-0.39, 0.29) is 6.04 Å². The molecule has 114 valence electrons. The maximum atomic E-state index is 5.99. The molecule has 1 atom stereocenters. The number of aryl methyl sites for hydroxylation is 2. The molecule has 0 amide bonds. The largest absolute Gasteiger partial charge is 0.497 e. The zero-order chi connectivity index (χ0) is 15.4. The van der Waals surface area contributed by atoms with E-state index >= 15 is 0 Å². The fourth-order valence-corrected chi connectivity index (χ4v) is 2.17. The predicted octanol–water partition coefficient (Wildman–Crippen LogP) is 2.59. The molecule has 21 heavy (non-hydrogen) atoms. The fourth-order valence-electron chi connectivity index (χ4n) is 2.17. The standard InChI is InChI=1S/C16H23N3O2/c1-5-12-8-13(19(3)18-12)10-21-16-9-14(20-4)6-7-15(16)11(2)17/h6-9,11H,5,10,17H2,1-4H3/t11-/m0/s1. The van der Waals surface area contributed by atoms with Crippen molar-refractivity contribution in [1.82, 2.24) is 9.78 Å². The summed E-state index contributed by atoms with van der Waals surface area (Å²) >= 11 is 0. The summed E-state index contributed by atoms with van der Waals surface area (Å²) in [5, 5.41) is 4.42. The van der Waals surface area contributed by atoms with Crippen molar-refractivity contribution in [2.75, 3.05) is 7.11 Å². The lowest BCUT2D eigenvalue weighted by atomic mass is 10.1. The van der Waals surface area contributed by atoms with E-state index in [0.29, 0.717) is 6.61 Å². The molecule has 5 heteroatoms. The van der Waals surface area contributed by atoms with E-state index in [2.05, 4.69) is 18.1 Å². The van der Waals surface area contributed by atoms with Crippen LogP contribution in [0.5, 0.6) is 11.5 Å². The van der Waals surface area contributed by atoms with Gasteiger partial charge in [-0.05, 0) is 25.5 Å².